The number of esters is 1. The van der Waals surface area contributed by atoms with E-state index in [0.717, 1.165) is 5.39 Å². The standard InChI is InChI=1S/C26H23NO7/c1-30-22-13-18(26(29)32-3)20(14-23(22)31-2)27-25(28)24-19(15-33-16-9-5-4-6-10-16)17-11-7-8-12-21(17)34-24/h4-14H,15H2,1-3H3,(H,27,28). The van der Waals surface area contributed by atoms with E-state index in [1.165, 1.54) is 33.5 Å². The van der Waals surface area contributed by atoms with Gasteiger partial charge in [-0.25, -0.2) is 4.79 Å². The fraction of sp³-hybridized carbons (Fsp3) is 0.154. The minimum Gasteiger partial charge on any atom is -0.493 e. The van der Waals surface area contributed by atoms with Crippen molar-refractivity contribution in [3.63, 3.8) is 0 Å². The van der Waals surface area contributed by atoms with Gasteiger partial charge in [0.2, 0.25) is 0 Å². The molecule has 0 aliphatic carbocycles. The second-order valence-corrected chi connectivity index (χ2v) is 7.21. The van der Waals surface area contributed by atoms with Gasteiger partial charge in [0.05, 0.1) is 32.6 Å². The first-order chi connectivity index (χ1) is 16.5. The highest BCUT2D eigenvalue weighted by Gasteiger charge is 2.24. The maximum atomic E-state index is 13.3. The summed E-state index contributed by atoms with van der Waals surface area (Å²) in [6, 6.07) is 19.5. The van der Waals surface area contributed by atoms with E-state index >= 15 is 0 Å². The zero-order chi connectivity index (χ0) is 24.1. The molecule has 174 valence electrons. The first-order valence-corrected chi connectivity index (χ1v) is 10.4. The summed E-state index contributed by atoms with van der Waals surface area (Å²) in [5.41, 5.74) is 1.41. The monoisotopic (exact) mass is 461 g/mol. The fourth-order valence-corrected chi connectivity index (χ4v) is 3.54. The van der Waals surface area contributed by atoms with Gasteiger partial charge in [-0.15, -0.1) is 0 Å². The van der Waals surface area contributed by atoms with Crippen LogP contribution in [0.1, 0.15) is 26.5 Å². The number of amides is 1. The molecule has 34 heavy (non-hydrogen) atoms. The lowest BCUT2D eigenvalue weighted by Gasteiger charge is -2.14. The third-order valence-corrected chi connectivity index (χ3v) is 5.21. The zero-order valence-corrected chi connectivity index (χ0v) is 18.9. The number of hydrogen-bond donors (Lipinski definition) is 1. The topological polar surface area (TPSA) is 96.2 Å². The summed E-state index contributed by atoms with van der Waals surface area (Å²) < 4.78 is 27.2. The van der Waals surface area contributed by atoms with Gasteiger partial charge >= 0.3 is 5.97 Å². The average molecular weight is 461 g/mol. The third-order valence-electron chi connectivity index (χ3n) is 5.21. The van der Waals surface area contributed by atoms with Crippen LogP contribution in [0.5, 0.6) is 17.2 Å². The summed E-state index contributed by atoms with van der Waals surface area (Å²) >= 11 is 0. The number of para-hydroxylation sites is 2. The molecule has 8 heteroatoms. The van der Waals surface area contributed by atoms with Crippen molar-refractivity contribution < 1.29 is 33.0 Å². The van der Waals surface area contributed by atoms with Gasteiger partial charge in [-0.2, -0.15) is 0 Å². The Balaban J connectivity index is 1.71. The van der Waals surface area contributed by atoms with Gasteiger partial charge in [-0.1, -0.05) is 36.4 Å². The molecule has 4 aromatic rings. The normalized spacial score (nSPS) is 10.6. The van der Waals surface area contributed by atoms with Crippen LogP contribution in [-0.2, 0) is 11.3 Å². The predicted octanol–water partition coefficient (Wildman–Crippen LogP) is 5.07. The van der Waals surface area contributed by atoms with Crippen molar-refractivity contribution in [3.8, 4) is 17.2 Å². The lowest BCUT2D eigenvalue weighted by molar-refractivity contribution is 0.0601. The van der Waals surface area contributed by atoms with Crippen molar-refractivity contribution in [1.29, 1.82) is 0 Å². The van der Waals surface area contributed by atoms with Crippen LogP contribution < -0.4 is 19.5 Å². The Morgan fingerprint density at radius 3 is 2.26 bits per heavy atom. The number of carbonyl (C=O) groups excluding carboxylic acids is 2. The van der Waals surface area contributed by atoms with E-state index in [4.69, 9.17) is 23.4 Å². The molecule has 0 unspecified atom stereocenters. The maximum absolute atomic E-state index is 13.3. The lowest BCUT2D eigenvalue weighted by Crippen LogP contribution is -2.17. The zero-order valence-electron chi connectivity index (χ0n) is 18.9. The highest BCUT2D eigenvalue weighted by atomic mass is 16.5. The van der Waals surface area contributed by atoms with Crippen molar-refractivity contribution in [2.24, 2.45) is 0 Å². The molecule has 0 spiro atoms. The molecule has 0 aliphatic heterocycles. The molecule has 3 aromatic carbocycles. The predicted molar refractivity (Wildman–Crippen MR) is 126 cm³/mol. The maximum Gasteiger partial charge on any atom is 0.340 e. The largest absolute Gasteiger partial charge is 0.493 e. The quantitative estimate of drug-likeness (QED) is 0.366. The van der Waals surface area contributed by atoms with Gasteiger partial charge in [0.15, 0.2) is 17.3 Å². The van der Waals surface area contributed by atoms with Crippen LogP contribution in [0.15, 0.2) is 71.1 Å². The molecular weight excluding hydrogens is 438 g/mol. The summed E-state index contributed by atoms with van der Waals surface area (Å²) in [6.07, 6.45) is 0. The minimum absolute atomic E-state index is 0.0720. The summed E-state index contributed by atoms with van der Waals surface area (Å²) in [5.74, 6) is 0.188. The van der Waals surface area contributed by atoms with Gasteiger partial charge < -0.3 is 28.7 Å². The van der Waals surface area contributed by atoms with E-state index < -0.39 is 11.9 Å². The smallest absolute Gasteiger partial charge is 0.340 e. The van der Waals surface area contributed by atoms with E-state index in [-0.39, 0.29) is 23.6 Å². The van der Waals surface area contributed by atoms with Gasteiger partial charge in [-0.3, -0.25) is 4.79 Å². The highest BCUT2D eigenvalue weighted by molar-refractivity contribution is 6.09. The Kier molecular flexibility index (Phi) is 6.68. The molecule has 0 atom stereocenters. The first-order valence-electron chi connectivity index (χ1n) is 10.4. The Labute approximate surface area is 196 Å². The fourth-order valence-electron chi connectivity index (χ4n) is 3.54. The molecule has 1 amide bonds. The van der Waals surface area contributed by atoms with Crippen molar-refractivity contribution in [2.75, 3.05) is 26.6 Å². The molecule has 1 heterocycles. The minimum atomic E-state index is -0.645. The van der Waals surface area contributed by atoms with Crippen LogP contribution in [0.3, 0.4) is 0 Å². The van der Waals surface area contributed by atoms with E-state index in [2.05, 4.69) is 5.32 Å². The molecule has 4 rings (SSSR count). The van der Waals surface area contributed by atoms with Crippen molar-refractivity contribution in [3.05, 3.63) is 83.6 Å². The number of benzene rings is 3. The number of rotatable bonds is 8. The van der Waals surface area contributed by atoms with Gasteiger partial charge in [0.1, 0.15) is 17.9 Å². The number of hydrogen-bond acceptors (Lipinski definition) is 7. The summed E-state index contributed by atoms with van der Waals surface area (Å²) in [4.78, 5) is 25.7. The van der Waals surface area contributed by atoms with Crippen LogP contribution in [0, 0.1) is 0 Å². The Morgan fingerprint density at radius 1 is 0.882 bits per heavy atom. The van der Waals surface area contributed by atoms with Gasteiger partial charge in [-0.05, 0) is 18.2 Å². The van der Waals surface area contributed by atoms with Crippen molar-refractivity contribution in [1.82, 2.24) is 0 Å². The van der Waals surface area contributed by atoms with E-state index in [9.17, 15) is 9.59 Å². The van der Waals surface area contributed by atoms with E-state index in [1.807, 2.05) is 48.5 Å². The molecule has 0 saturated heterocycles. The van der Waals surface area contributed by atoms with Crippen LogP contribution >= 0.6 is 0 Å². The summed E-state index contributed by atoms with van der Waals surface area (Å²) in [5, 5.41) is 3.50. The number of furan rings is 1. The molecule has 0 bridgehead atoms. The highest BCUT2D eigenvalue weighted by Crippen LogP contribution is 2.35. The molecule has 0 fully saturated rings. The molecule has 1 N–H and O–H groups in total. The SMILES string of the molecule is COC(=O)c1cc(OC)c(OC)cc1NC(=O)c1oc2ccccc2c1COc1ccccc1. The Bertz CT molecular complexity index is 1330. The number of fused-ring (bicyclic) bond motifs is 1. The van der Waals surface area contributed by atoms with Crippen LogP contribution in [0.25, 0.3) is 11.0 Å². The van der Waals surface area contributed by atoms with Crippen molar-refractivity contribution in [2.45, 2.75) is 6.61 Å². The first kappa shape index (κ1) is 22.7. The molecule has 8 nitrogen and oxygen atoms in total. The Morgan fingerprint density at radius 2 is 1.56 bits per heavy atom. The average Bonchev–Trinajstić information content (AvgIpc) is 3.26. The second kappa shape index (κ2) is 9.99. The van der Waals surface area contributed by atoms with Crippen molar-refractivity contribution >= 4 is 28.5 Å². The van der Waals surface area contributed by atoms with Crippen LogP contribution in [0.4, 0.5) is 5.69 Å². The molecule has 0 aliphatic rings. The van der Waals surface area contributed by atoms with E-state index in [1.54, 1.807) is 6.07 Å². The third kappa shape index (κ3) is 4.52. The molecule has 0 saturated carbocycles. The number of methoxy groups -OCH3 is 3. The summed E-state index contributed by atoms with van der Waals surface area (Å²) in [6.45, 7) is 0.111. The van der Waals surface area contributed by atoms with Crippen LogP contribution in [-0.4, -0.2) is 33.2 Å². The number of carbonyl (C=O) groups is 2. The Hall–Kier alpha value is -4.46. The summed E-state index contributed by atoms with van der Waals surface area (Å²) in [7, 11) is 4.16. The number of anilines is 1. The van der Waals surface area contributed by atoms with Gasteiger partial charge in [0.25, 0.3) is 5.91 Å². The lowest BCUT2D eigenvalue weighted by atomic mass is 10.1. The molecule has 1 aromatic heterocycles. The molecular formula is C26H23NO7. The van der Waals surface area contributed by atoms with E-state index in [0.29, 0.717) is 28.4 Å². The second-order valence-electron chi connectivity index (χ2n) is 7.21. The van der Waals surface area contributed by atoms with Crippen LogP contribution in [0.2, 0.25) is 0 Å². The van der Waals surface area contributed by atoms with Gasteiger partial charge in [0, 0.05) is 23.1 Å². The number of ether oxygens (including phenoxy) is 4. The number of nitrogens with one attached hydrogen (secondary N) is 1. The molecule has 0 radical (unpaired) electrons.